The standard InChI is InChI=1S/C23H27N5O2/c1-3-6-20-19-13-14-28(2)21(19)11-12-22(20)30-16-5-4-15-29-18-9-7-17(8-10-18)23-24-26-27-25-23/h7-14H,3-6,15-16H2,1-2H3,(H,24,25,26,27). The molecule has 2 aromatic carbocycles. The van der Waals surface area contributed by atoms with E-state index in [-0.39, 0.29) is 0 Å². The molecule has 0 aliphatic rings. The number of tetrazole rings is 1. The Morgan fingerprint density at radius 2 is 1.77 bits per heavy atom. The lowest BCUT2D eigenvalue weighted by molar-refractivity contribution is 0.265. The Bertz CT molecular complexity index is 1070. The average Bonchev–Trinajstić information content (AvgIpc) is 3.43. The molecule has 4 aromatic rings. The van der Waals surface area contributed by atoms with Crippen molar-refractivity contribution in [2.45, 2.75) is 32.6 Å². The largest absolute Gasteiger partial charge is 0.494 e. The molecule has 4 rings (SSSR count). The molecule has 0 saturated carbocycles. The molecule has 0 saturated heterocycles. The fourth-order valence-corrected chi connectivity index (χ4v) is 3.60. The first kappa shape index (κ1) is 19.9. The van der Waals surface area contributed by atoms with Crippen molar-refractivity contribution in [1.82, 2.24) is 25.2 Å². The van der Waals surface area contributed by atoms with Gasteiger partial charge in [0.05, 0.1) is 13.2 Å². The predicted octanol–water partition coefficient (Wildman–Crippen LogP) is 4.55. The van der Waals surface area contributed by atoms with Gasteiger partial charge in [0, 0.05) is 35.3 Å². The van der Waals surface area contributed by atoms with E-state index in [1.165, 1.54) is 16.5 Å². The third-order valence-electron chi connectivity index (χ3n) is 5.16. The lowest BCUT2D eigenvalue weighted by Crippen LogP contribution is -2.04. The lowest BCUT2D eigenvalue weighted by Gasteiger charge is -2.13. The van der Waals surface area contributed by atoms with Gasteiger partial charge in [-0.05, 0) is 66.9 Å². The molecule has 1 N–H and O–H groups in total. The first-order chi connectivity index (χ1) is 14.8. The van der Waals surface area contributed by atoms with Crippen LogP contribution in [0.1, 0.15) is 31.7 Å². The van der Waals surface area contributed by atoms with Gasteiger partial charge in [-0.2, -0.15) is 5.21 Å². The molecule has 0 spiro atoms. The Kier molecular flexibility index (Phi) is 6.27. The van der Waals surface area contributed by atoms with Crippen molar-refractivity contribution in [3.63, 3.8) is 0 Å². The van der Waals surface area contributed by atoms with Gasteiger partial charge in [0.15, 0.2) is 0 Å². The Hall–Kier alpha value is -3.35. The fourth-order valence-electron chi connectivity index (χ4n) is 3.60. The summed E-state index contributed by atoms with van der Waals surface area (Å²) in [5.41, 5.74) is 3.47. The molecule has 2 heterocycles. The zero-order valence-corrected chi connectivity index (χ0v) is 17.5. The van der Waals surface area contributed by atoms with Crippen molar-refractivity contribution >= 4 is 10.9 Å². The molecule has 0 amide bonds. The van der Waals surface area contributed by atoms with E-state index in [0.717, 1.165) is 42.7 Å². The summed E-state index contributed by atoms with van der Waals surface area (Å²) in [7, 11) is 2.08. The molecule has 0 atom stereocenters. The molecule has 0 aliphatic heterocycles. The van der Waals surface area contributed by atoms with Gasteiger partial charge in [-0.15, -0.1) is 10.2 Å². The highest BCUT2D eigenvalue weighted by Gasteiger charge is 2.10. The number of rotatable bonds is 10. The molecule has 0 radical (unpaired) electrons. The number of benzene rings is 2. The van der Waals surface area contributed by atoms with Crippen LogP contribution in [0.4, 0.5) is 0 Å². The molecular weight excluding hydrogens is 378 g/mol. The summed E-state index contributed by atoms with van der Waals surface area (Å²) in [5.74, 6) is 2.42. The number of aryl methyl sites for hydroxylation is 2. The van der Waals surface area contributed by atoms with Gasteiger partial charge in [0.2, 0.25) is 5.82 Å². The molecule has 2 aromatic heterocycles. The summed E-state index contributed by atoms with van der Waals surface area (Å²) in [4.78, 5) is 0. The SMILES string of the molecule is CCCc1c(OCCCCOc2ccc(-c3nn[nH]n3)cc2)ccc2c1ccn2C. The highest BCUT2D eigenvalue weighted by molar-refractivity contribution is 5.86. The number of unbranched alkanes of at least 4 members (excludes halogenated alkanes) is 1. The quantitative estimate of drug-likeness (QED) is 0.392. The van der Waals surface area contributed by atoms with E-state index >= 15 is 0 Å². The number of aromatic amines is 1. The number of ether oxygens (including phenoxy) is 2. The predicted molar refractivity (Wildman–Crippen MR) is 117 cm³/mol. The van der Waals surface area contributed by atoms with Crippen LogP contribution in [0.3, 0.4) is 0 Å². The molecule has 7 heteroatoms. The van der Waals surface area contributed by atoms with Gasteiger partial charge in [0.25, 0.3) is 0 Å². The second-order valence-electron chi connectivity index (χ2n) is 7.32. The van der Waals surface area contributed by atoms with Gasteiger partial charge in [-0.25, -0.2) is 0 Å². The Labute approximate surface area is 176 Å². The topological polar surface area (TPSA) is 77.8 Å². The van der Waals surface area contributed by atoms with Crippen LogP contribution in [0.15, 0.2) is 48.7 Å². The number of nitrogens with one attached hydrogen (secondary N) is 1. The van der Waals surface area contributed by atoms with E-state index in [1.54, 1.807) is 0 Å². The minimum Gasteiger partial charge on any atom is -0.494 e. The van der Waals surface area contributed by atoms with Crippen LogP contribution in [0.2, 0.25) is 0 Å². The Morgan fingerprint density at radius 1 is 0.967 bits per heavy atom. The van der Waals surface area contributed by atoms with Crippen molar-refractivity contribution < 1.29 is 9.47 Å². The average molecular weight is 406 g/mol. The minimum atomic E-state index is 0.579. The summed E-state index contributed by atoms with van der Waals surface area (Å²) in [6, 6.07) is 14.1. The third kappa shape index (κ3) is 4.45. The number of aromatic nitrogens is 5. The minimum absolute atomic E-state index is 0.579. The highest BCUT2D eigenvalue weighted by Crippen LogP contribution is 2.30. The van der Waals surface area contributed by atoms with Crippen molar-refractivity contribution in [3.05, 3.63) is 54.2 Å². The van der Waals surface area contributed by atoms with E-state index in [1.807, 2.05) is 24.3 Å². The zero-order valence-electron chi connectivity index (χ0n) is 17.5. The fraction of sp³-hybridized carbons (Fsp3) is 0.348. The molecule has 0 aliphatic carbocycles. The normalized spacial score (nSPS) is 11.1. The second kappa shape index (κ2) is 9.43. The summed E-state index contributed by atoms with van der Waals surface area (Å²) >= 11 is 0. The maximum atomic E-state index is 6.13. The van der Waals surface area contributed by atoms with Crippen LogP contribution in [0.25, 0.3) is 22.3 Å². The van der Waals surface area contributed by atoms with Crippen LogP contribution in [0.5, 0.6) is 11.5 Å². The van der Waals surface area contributed by atoms with Gasteiger partial charge in [-0.1, -0.05) is 13.3 Å². The van der Waals surface area contributed by atoms with Crippen molar-refractivity contribution in [1.29, 1.82) is 0 Å². The van der Waals surface area contributed by atoms with Crippen LogP contribution < -0.4 is 9.47 Å². The number of hydrogen-bond acceptors (Lipinski definition) is 5. The van der Waals surface area contributed by atoms with E-state index in [0.29, 0.717) is 19.0 Å². The Balaban J connectivity index is 1.24. The van der Waals surface area contributed by atoms with Crippen LogP contribution in [-0.4, -0.2) is 38.4 Å². The molecule has 0 bridgehead atoms. The molecule has 0 fully saturated rings. The number of nitrogens with zero attached hydrogens (tertiary/aromatic N) is 4. The number of H-pyrrole nitrogens is 1. The summed E-state index contributed by atoms with van der Waals surface area (Å²) < 4.78 is 14.1. The maximum absolute atomic E-state index is 6.13. The van der Waals surface area contributed by atoms with Gasteiger partial charge >= 0.3 is 0 Å². The molecule has 30 heavy (non-hydrogen) atoms. The summed E-state index contributed by atoms with van der Waals surface area (Å²) in [5, 5.41) is 15.3. The smallest absolute Gasteiger partial charge is 0.204 e. The molecule has 156 valence electrons. The van der Waals surface area contributed by atoms with Crippen molar-refractivity contribution in [2.75, 3.05) is 13.2 Å². The Morgan fingerprint density at radius 3 is 2.50 bits per heavy atom. The first-order valence-corrected chi connectivity index (χ1v) is 10.4. The van der Waals surface area contributed by atoms with Gasteiger partial charge in [0.1, 0.15) is 11.5 Å². The second-order valence-corrected chi connectivity index (χ2v) is 7.32. The van der Waals surface area contributed by atoms with E-state index in [2.05, 4.69) is 63.6 Å². The summed E-state index contributed by atoms with van der Waals surface area (Å²) in [6.07, 6.45) is 6.12. The van der Waals surface area contributed by atoms with Crippen molar-refractivity contribution in [2.24, 2.45) is 7.05 Å². The third-order valence-corrected chi connectivity index (χ3v) is 5.16. The number of fused-ring (bicyclic) bond motifs is 1. The summed E-state index contributed by atoms with van der Waals surface area (Å²) in [6.45, 7) is 3.55. The van der Waals surface area contributed by atoms with Crippen LogP contribution >= 0.6 is 0 Å². The molecule has 7 nitrogen and oxygen atoms in total. The first-order valence-electron chi connectivity index (χ1n) is 10.4. The molecule has 0 unspecified atom stereocenters. The lowest BCUT2D eigenvalue weighted by atomic mass is 10.0. The number of hydrogen-bond donors (Lipinski definition) is 1. The zero-order chi connectivity index (χ0) is 20.8. The highest BCUT2D eigenvalue weighted by atomic mass is 16.5. The van der Waals surface area contributed by atoms with Gasteiger partial charge < -0.3 is 14.0 Å². The van der Waals surface area contributed by atoms with Crippen LogP contribution in [-0.2, 0) is 13.5 Å². The van der Waals surface area contributed by atoms with E-state index in [4.69, 9.17) is 9.47 Å². The van der Waals surface area contributed by atoms with Crippen molar-refractivity contribution in [3.8, 4) is 22.9 Å². The monoisotopic (exact) mass is 405 g/mol. The molecular formula is C23H27N5O2. The maximum Gasteiger partial charge on any atom is 0.204 e. The van der Waals surface area contributed by atoms with Gasteiger partial charge in [-0.3, -0.25) is 0 Å². The van der Waals surface area contributed by atoms with Crippen LogP contribution in [0, 0.1) is 0 Å². The van der Waals surface area contributed by atoms with E-state index < -0.39 is 0 Å². The van der Waals surface area contributed by atoms with E-state index in [9.17, 15) is 0 Å².